The van der Waals surface area contributed by atoms with Gasteiger partial charge in [0.2, 0.25) is 0 Å². The summed E-state index contributed by atoms with van der Waals surface area (Å²) in [7, 11) is 0. The molecule has 4 rings (SSSR count). The largest absolute Gasteiger partial charge is 0.372 e. The van der Waals surface area contributed by atoms with Crippen molar-refractivity contribution in [3.8, 4) is 11.4 Å². The molecule has 1 aliphatic rings. The Labute approximate surface area is 177 Å². The number of anilines is 1. The maximum Gasteiger partial charge on any atom is 0.269 e. The summed E-state index contributed by atoms with van der Waals surface area (Å²) in [5.41, 5.74) is 1.21. The Bertz CT molecular complexity index is 1120. The lowest BCUT2D eigenvalue weighted by Gasteiger charge is -2.36. The number of nitrogens with zero attached hydrogens (tertiary/aromatic N) is 5. The van der Waals surface area contributed by atoms with Gasteiger partial charge >= 0.3 is 0 Å². The third kappa shape index (κ3) is 4.08. The van der Waals surface area contributed by atoms with E-state index in [0.29, 0.717) is 24.4 Å². The third-order valence-corrected chi connectivity index (χ3v) is 5.17. The summed E-state index contributed by atoms with van der Waals surface area (Å²) < 4.78 is 26.6. The number of aryl methyl sites for hydroxylation is 1. The van der Waals surface area contributed by atoms with E-state index in [1.54, 1.807) is 19.2 Å². The molecule has 10 heteroatoms. The van der Waals surface area contributed by atoms with E-state index in [0.717, 1.165) is 11.8 Å². The molecule has 4 heterocycles. The summed E-state index contributed by atoms with van der Waals surface area (Å²) in [6.45, 7) is 7.13. The van der Waals surface area contributed by atoms with Crippen molar-refractivity contribution in [2.24, 2.45) is 0 Å². The highest BCUT2D eigenvalue weighted by molar-refractivity contribution is 6.30. The summed E-state index contributed by atoms with van der Waals surface area (Å²) in [6, 6.07) is 2.70. The van der Waals surface area contributed by atoms with Crippen LogP contribution in [0.4, 0.5) is 10.1 Å². The molecule has 1 fully saturated rings. The molecular formula is C20H21ClFN5O3. The molecule has 0 saturated carbocycles. The fourth-order valence-electron chi connectivity index (χ4n) is 3.61. The highest BCUT2D eigenvalue weighted by Gasteiger charge is 2.24. The van der Waals surface area contributed by atoms with Crippen LogP contribution in [-0.2, 0) is 11.3 Å². The molecule has 1 saturated heterocycles. The molecule has 158 valence electrons. The van der Waals surface area contributed by atoms with Gasteiger partial charge in [-0.3, -0.25) is 4.79 Å². The fraction of sp³-hybridized carbons (Fsp3) is 0.400. The second-order valence-corrected chi connectivity index (χ2v) is 7.86. The van der Waals surface area contributed by atoms with Crippen LogP contribution in [0.25, 0.3) is 11.4 Å². The van der Waals surface area contributed by atoms with Crippen molar-refractivity contribution >= 4 is 17.3 Å². The van der Waals surface area contributed by atoms with E-state index < -0.39 is 5.82 Å². The van der Waals surface area contributed by atoms with Gasteiger partial charge < -0.3 is 14.2 Å². The van der Waals surface area contributed by atoms with E-state index in [-0.39, 0.29) is 40.7 Å². The predicted molar refractivity (Wildman–Crippen MR) is 109 cm³/mol. The number of morpholine rings is 1. The Morgan fingerprint density at radius 1 is 1.20 bits per heavy atom. The quantitative estimate of drug-likeness (QED) is 0.625. The Hall–Kier alpha value is -2.78. The molecule has 3 aromatic rings. The first kappa shape index (κ1) is 20.5. The first-order valence-electron chi connectivity index (χ1n) is 9.56. The molecule has 0 spiro atoms. The topological polar surface area (TPSA) is 86.3 Å². The maximum atomic E-state index is 14.3. The van der Waals surface area contributed by atoms with Crippen LogP contribution in [0.1, 0.15) is 25.2 Å². The van der Waals surface area contributed by atoms with Crippen molar-refractivity contribution in [2.75, 3.05) is 18.0 Å². The van der Waals surface area contributed by atoms with Gasteiger partial charge in [-0.05, 0) is 26.8 Å². The molecule has 2 atom stereocenters. The number of rotatable bonds is 4. The molecule has 8 nitrogen and oxygen atoms in total. The lowest BCUT2D eigenvalue weighted by Crippen LogP contribution is -2.46. The number of hydrogen-bond acceptors (Lipinski definition) is 7. The molecule has 3 aromatic heterocycles. The second kappa shape index (κ2) is 8.16. The minimum atomic E-state index is -0.622. The Morgan fingerprint density at radius 2 is 1.93 bits per heavy atom. The molecule has 0 N–H and O–H groups in total. The molecule has 0 radical (unpaired) electrons. The van der Waals surface area contributed by atoms with Gasteiger partial charge in [-0.2, -0.15) is 5.10 Å². The van der Waals surface area contributed by atoms with Gasteiger partial charge in [0.15, 0.2) is 5.82 Å². The minimum absolute atomic E-state index is 0.00668. The molecule has 0 amide bonds. The van der Waals surface area contributed by atoms with E-state index in [9.17, 15) is 9.18 Å². The van der Waals surface area contributed by atoms with Crippen LogP contribution in [0.5, 0.6) is 0 Å². The summed E-state index contributed by atoms with van der Waals surface area (Å²) in [4.78, 5) is 18.8. The molecule has 1 aliphatic heterocycles. The average molecular weight is 434 g/mol. The highest BCUT2D eigenvalue weighted by atomic mass is 35.5. The van der Waals surface area contributed by atoms with E-state index >= 15 is 0 Å². The number of hydrogen-bond donors (Lipinski definition) is 0. The first-order valence-corrected chi connectivity index (χ1v) is 9.93. The fourth-order valence-corrected chi connectivity index (χ4v) is 3.75. The number of aromatic nitrogens is 4. The molecule has 30 heavy (non-hydrogen) atoms. The van der Waals surface area contributed by atoms with Gasteiger partial charge in [0, 0.05) is 30.9 Å². The van der Waals surface area contributed by atoms with E-state index in [1.165, 1.54) is 10.9 Å². The van der Waals surface area contributed by atoms with Crippen LogP contribution in [-0.4, -0.2) is 45.2 Å². The van der Waals surface area contributed by atoms with Crippen molar-refractivity contribution in [3.63, 3.8) is 0 Å². The van der Waals surface area contributed by atoms with Crippen LogP contribution >= 0.6 is 11.6 Å². The van der Waals surface area contributed by atoms with Gasteiger partial charge in [0.05, 0.1) is 35.7 Å². The molecule has 0 aliphatic carbocycles. The zero-order valence-electron chi connectivity index (χ0n) is 16.8. The third-order valence-electron chi connectivity index (χ3n) is 4.96. The number of halogens is 2. The minimum Gasteiger partial charge on any atom is -0.372 e. The van der Waals surface area contributed by atoms with Crippen LogP contribution in [0, 0.1) is 12.7 Å². The van der Waals surface area contributed by atoms with E-state index in [4.69, 9.17) is 20.9 Å². The van der Waals surface area contributed by atoms with Crippen molar-refractivity contribution in [2.45, 2.75) is 39.5 Å². The second-order valence-electron chi connectivity index (χ2n) is 7.42. The van der Waals surface area contributed by atoms with Crippen LogP contribution in [0.3, 0.4) is 0 Å². The Kier molecular flexibility index (Phi) is 5.57. The van der Waals surface area contributed by atoms with E-state index in [2.05, 4.69) is 20.1 Å². The first-order chi connectivity index (χ1) is 14.3. The zero-order chi connectivity index (χ0) is 21.4. The lowest BCUT2D eigenvalue weighted by molar-refractivity contribution is -0.00525. The summed E-state index contributed by atoms with van der Waals surface area (Å²) in [5, 5.41) is 8.41. The van der Waals surface area contributed by atoms with Gasteiger partial charge in [0.1, 0.15) is 17.1 Å². The van der Waals surface area contributed by atoms with Crippen LogP contribution < -0.4 is 10.5 Å². The van der Waals surface area contributed by atoms with Crippen molar-refractivity contribution in [3.05, 3.63) is 57.0 Å². The van der Waals surface area contributed by atoms with Crippen molar-refractivity contribution in [1.29, 1.82) is 0 Å². The predicted octanol–water partition coefficient (Wildman–Crippen LogP) is 3.06. The molecular weight excluding hydrogens is 413 g/mol. The highest BCUT2D eigenvalue weighted by Crippen LogP contribution is 2.27. The van der Waals surface area contributed by atoms with E-state index in [1.807, 2.05) is 13.8 Å². The number of pyridine rings is 1. The van der Waals surface area contributed by atoms with Gasteiger partial charge in [-0.25, -0.2) is 14.1 Å². The molecule has 0 unspecified atom stereocenters. The standard InChI is InChI=1S/C20H21ClFN5O3/c1-11-8-26(9-12(2)29-11)15-5-18(28)27(24-7-15)10-16-13(3)30-25-19(16)20-17(22)4-14(21)6-23-20/h4-7,11-12H,8-10H2,1-3H3/t11-,12+. The average Bonchev–Trinajstić information content (AvgIpc) is 3.03. The molecule has 0 bridgehead atoms. The SMILES string of the molecule is Cc1onc(-c2ncc(Cl)cc2F)c1Cn1ncc(N2C[C@@H](C)O[C@@H](C)C2)cc1=O. The zero-order valence-corrected chi connectivity index (χ0v) is 17.6. The summed E-state index contributed by atoms with van der Waals surface area (Å²) in [6.07, 6.45) is 3.12. The normalized spacial score (nSPS) is 19.3. The van der Waals surface area contributed by atoms with Crippen LogP contribution in [0.2, 0.25) is 5.02 Å². The van der Waals surface area contributed by atoms with Crippen LogP contribution in [0.15, 0.2) is 33.8 Å². The van der Waals surface area contributed by atoms with Crippen molar-refractivity contribution < 1.29 is 13.7 Å². The van der Waals surface area contributed by atoms with Crippen molar-refractivity contribution in [1.82, 2.24) is 19.9 Å². The maximum absolute atomic E-state index is 14.3. The summed E-state index contributed by atoms with van der Waals surface area (Å²) in [5.74, 6) is -0.169. The Balaban J connectivity index is 1.63. The monoisotopic (exact) mass is 433 g/mol. The van der Waals surface area contributed by atoms with Gasteiger partial charge in [0.25, 0.3) is 5.56 Å². The lowest BCUT2D eigenvalue weighted by atomic mass is 10.1. The summed E-state index contributed by atoms with van der Waals surface area (Å²) >= 11 is 5.78. The Morgan fingerprint density at radius 3 is 2.60 bits per heavy atom. The molecule has 0 aromatic carbocycles. The van der Waals surface area contributed by atoms with Gasteiger partial charge in [-0.1, -0.05) is 16.8 Å². The van der Waals surface area contributed by atoms with Gasteiger partial charge in [-0.15, -0.1) is 0 Å². The smallest absolute Gasteiger partial charge is 0.269 e. The number of ether oxygens (including phenoxy) is 1.